The topological polar surface area (TPSA) is 39.7 Å². The maximum absolute atomic E-state index is 6.02. The fourth-order valence-corrected chi connectivity index (χ4v) is 3.23. The van der Waals surface area contributed by atoms with Gasteiger partial charge in [0.1, 0.15) is 24.7 Å². The van der Waals surface area contributed by atoms with E-state index in [1.807, 2.05) is 24.3 Å². The average Bonchev–Trinajstić information content (AvgIpc) is 3.18. The van der Waals surface area contributed by atoms with Crippen molar-refractivity contribution in [3.63, 3.8) is 0 Å². The third-order valence-corrected chi connectivity index (χ3v) is 4.79. The Morgan fingerprint density at radius 3 is 2.63 bits per heavy atom. The monoisotopic (exact) mass is 369 g/mol. The molecule has 0 spiro atoms. The molecular formula is C23H31NO3. The molecule has 1 aliphatic heterocycles. The summed E-state index contributed by atoms with van der Waals surface area (Å²) in [5.41, 5.74) is 3.55. The molecule has 1 N–H and O–H groups in total. The Labute approximate surface area is 162 Å². The largest absolute Gasteiger partial charge is 0.491 e. The highest BCUT2D eigenvalue weighted by atomic mass is 16.5. The molecule has 1 saturated heterocycles. The summed E-state index contributed by atoms with van der Waals surface area (Å²) in [6.45, 7) is 9.35. The van der Waals surface area contributed by atoms with Gasteiger partial charge in [0, 0.05) is 18.8 Å². The molecular weight excluding hydrogens is 338 g/mol. The summed E-state index contributed by atoms with van der Waals surface area (Å²) in [6, 6.07) is 14.5. The molecule has 0 saturated carbocycles. The van der Waals surface area contributed by atoms with Crippen LogP contribution in [0, 0.1) is 6.92 Å². The lowest BCUT2D eigenvalue weighted by molar-refractivity contribution is 0.0679. The smallest absolute Gasteiger partial charge is 0.123 e. The number of benzene rings is 2. The van der Waals surface area contributed by atoms with Gasteiger partial charge in [-0.25, -0.2) is 0 Å². The second-order valence-corrected chi connectivity index (χ2v) is 7.44. The van der Waals surface area contributed by atoms with Crippen molar-refractivity contribution in [3.8, 4) is 11.5 Å². The first-order valence-corrected chi connectivity index (χ1v) is 9.93. The summed E-state index contributed by atoms with van der Waals surface area (Å²) in [5, 5.41) is 3.40. The molecule has 0 aliphatic carbocycles. The van der Waals surface area contributed by atoms with E-state index >= 15 is 0 Å². The minimum atomic E-state index is 0.248. The van der Waals surface area contributed by atoms with Crippen molar-refractivity contribution < 1.29 is 14.2 Å². The molecule has 146 valence electrons. The maximum atomic E-state index is 6.02. The van der Waals surface area contributed by atoms with E-state index in [-0.39, 0.29) is 6.10 Å². The number of anilines is 1. The Balaban J connectivity index is 1.42. The van der Waals surface area contributed by atoms with E-state index in [4.69, 9.17) is 14.2 Å². The number of nitrogens with one attached hydrogen (secondary N) is 1. The molecule has 4 nitrogen and oxygen atoms in total. The predicted molar refractivity (Wildman–Crippen MR) is 110 cm³/mol. The number of hydrogen-bond donors (Lipinski definition) is 1. The molecule has 1 fully saturated rings. The molecule has 27 heavy (non-hydrogen) atoms. The molecule has 3 rings (SSSR count). The Morgan fingerprint density at radius 2 is 1.93 bits per heavy atom. The van der Waals surface area contributed by atoms with Crippen LogP contribution in [0.15, 0.2) is 42.5 Å². The molecule has 0 bridgehead atoms. The zero-order valence-corrected chi connectivity index (χ0v) is 16.7. The van der Waals surface area contributed by atoms with Crippen LogP contribution in [0.4, 0.5) is 5.69 Å². The number of hydrogen-bond acceptors (Lipinski definition) is 4. The summed E-state index contributed by atoms with van der Waals surface area (Å²) in [4.78, 5) is 0. The van der Waals surface area contributed by atoms with E-state index in [0.717, 1.165) is 43.2 Å². The fourth-order valence-electron chi connectivity index (χ4n) is 3.23. The van der Waals surface area contributed by atoms with Crippen molar-refractivity contribution in [2.24, 2.45) is 0 Å². The third kappa shape index (κ3) is 5.90. The summed E-state index contributed by atoms with van der Waals surface area (Å²) in [6.07, 6.45) is 2.48. The van der Waals surface area contributed by atoms with Crippen molar-refractivity contribution in [1.29, 1.82) is 0 Å². The zero-order valence-electron chi connectivity index (χ0n) is 16.7. The Kier molecular flexibility index (Phi) is 6.99. The van der Waals surface area contributed by atoms with Gasteiger partial charge in [-0.15, -0.1) is 0 Å². The van der Waals surface area contributed by atoms with Crippen LogP contribution in [-0.4, -0.2) is 32.5 Å². The Hall–Kier alpha value is -2.20. The Bertz CT molecular complexity index is 706. The number of aryl methyl sites for hydroxylation is 1. The first-order chi connectivity index (χ1) is 13.1. The standard InChI is InChI=1S/C23H31NO3/c1-17(2)22-11-6-18(3)15-23(22)26-14-12-24-19-7-9-20(10-8-19)27-16-21-5-4-13-25-21/h6-11,15,17,21,24H,4-5,12-14,16H2,1-3H3. The lowest BCUT2D eigenvalue weighted by atomic mass is 10.0. The van der Waals surface area contributed by atoms with Crippen molar-refractivity contribution in [2.75, 3.05) is 31.7 Å². The average molecular weight is 370 g/mol. The highest BCUT2D eigenvalue weighted by Crippen LogP contribution is 2.27. The minimum absolute atomic E-state index is 0.248. The van der Waals surface area contributed by atoms with Gasteiger partial charge in [0.15, 0.2) is 0 Å². The highest BCUT2D eigenvalue weighted by molar-refractivity contribution is 5.46. The van der Waals surface area contributed by atoms with E-state index in [1.165, 1.54) is 11.1 Å². The molecule has 1 atom stereocenters. The molecule has 0 aromatic heterocycles. The van der Waals surface area contributed by atoms with E-state index in [1.54, 1.807) is 0 Å². The molecule has 4 heteroatoms. The van der Waals surface area contributed by atoms with Crippen LogP contribution in [0.25, 0.3) is 0 Å². The van der Waals surface area contributed by atoms with E-state index in [0.29, 0.717) is 19.1 Å². The molecule has 1 unspecified atom stereocenters. The van der Waals surface area contributed by atoms with Crippen molar-refractivity contribution in [3.05, 3.63) is 53.6 Å². The minimum Gasteiger partial charge on any atom is -0.491 e. The van der Waals surface area contributed by atoms with Crippen LogP contribution in [0.5, 0.6) is 11.5 Å². The van der Waals surface area contributed by atoms with E-state index in [9.17, 15) is 0 Å². The Morgan fingerprint density at radius 1 is 1.11 bits per heavy atom. The zero-order chi connectivity index (χ0) is 19.1. The fraction of sp³-hybridized carbons (Fsp3) is 0.478. The molecule has 0 amide bonds. The number of ether oxygens (including phenoxy) is 3. The maximum Gasteiger partial charge on any atom is 0.123 e. The molecule has 1 aliphatic rings. The van der Waals surface area contributed by atoms with Gasteiger partial charge in [0.25, 0.3) is 0 Å². The summed E-state index contributed by atoms with van der Waals surface area (Å²) >= 11 is 0. The summed E-state index contributed by atoms with van der Waals surface area (Å²) < 4.78 is 17.4. The lowest BCUT2D eigenvalue weighted by Gasteiger charge is -2.15. The van der Waals surface area contributed by atoms with Crippen LogP contribution < -0.4 is 14.8 Å². The second kappa shape index (κ2) is 9.65. The SMILES string of the molecule is Cc1ccc(C(C)C)c(OCCNc2ccc(OCC3CCCO3)cc2)c1. The normalized spacial score (nSPS) is 16.5. The molecule has 1 heterocycles. The van der Waals surface area contributed by atoms with Gasteiger partial charge >= 0.3 is 0 Å². The van der Waals surface area contributed by atoms with Crippen molar-refractivity contribution >= 4 is 5.69 Å². The van der Waals surface area contributed by atoms with Gasteiger partial charge < -0.3 is 19.5 Å². The van der Waals surface area contributed by atoms with E-state index < -0.39 is 0 Å². The molecule has 2 aromatic rings. The quantitative estimate of drug-likeness (QED) is 0.619. The summed E-state index contributed by atoms with van der Waals surface area (Å²) in [7, 11) is 0. The summed E-state index contributed by atoms with van der Waals surface area (Å²) in [5.74, 6) is 2.33. The first-order valence-electron chi connectivity index (χ1n) is 9.93. The van der Waals surface area contributed by atoms with Gasteiger partial charge in [-0.2, -0.15) is 0 Å². The van der Waals surface area contributed by atoms with Crippen LogP contribution in [0.2, 0.25) is 0 Å². The van der Waals surface area contributed by atoms with Crippen molar-refractivity contribution in [1.82, 2.24) is 0 Å². The van der Waals surface area contributed by atoms with Gasteiger partial charge in [-0.3, -0.25) is 0 Å². The van der Waals surface area contributed by atoms with Crippen LogP contribution in [0.3, 0.4) is 0 Å². The first kappa shape index (κ1) is 19.6. The third-order valence-electron chi connectivity index (χ3n) is 4.79. The van der Waals surface area contributed by atoms with Crippen LogP contribution in [-0.2, 0) is 4.74 Å². The van der Waals surface area contributed by atoms with Crippen LogP contribution in [0.1, 0.15) is 43.7 Å². The van der Waals surface area contributed by atoms with E-state index in [2.05, 4.69) is 44.3 Å². The highest BCUT2D eigenvalue weighted by Gasteiger charge is 2.15. The van der Waals surface area contributed by atoms with Gasteiger partial charge in [0.05, 0.1) is 6.10 Å². The second-order valence-electron chi connectivity index (χ2n) is 7.44. The lowest BCUT2D eigenvalue weighted by Crippen LogP contribution is -2.16. The van der Waals surface area contributed by atoms with Gasteiger partial charge in [0.2, 0.25) is 0 Å². The number of rotatable bonds is 9. The van der Waals surface area contributed by atoms with Crippen LogP contribution >= 0.6 is 0 Å². The predicted octanol–water partition coefficient (Wildman–Crippen LogP) is 5.17. The molecule has 2 aromatic carbocycles. The van der Waals surface area contributed by atoms with Crippen molar-refractivity contribution in [2.45, 2.75) is 45.6 Å². The molecule has 0 radical (unpaired) electrons. The van der Waals surface area contributed by atoms with Gasteiger partial charge in [-0.05, 0) is 67.1 Å². The van der Waals surface area contributed by atoms with Gasteiger partial charge in [-0.1, -0.05) is 26.0 Å².